The number of aromatic hydroxyl groups is 1. The molecule has 5 rings (SSSR count). The summed E-state index contributed by atoms with van der Waals surface area (Å²) in [5.74, 6) is -0.942. The fourth-order valence-electron chi connectivity index (χ4n) is 5.60. The van der Waals surface area contributed by atoms with Gasteiger partial charge in [0.05, 0.1) is 13.8 Å². The number of hydrogen-bond donors (Lipinski definition) is 1. The minimum absolute atomic E-state index is 0. The zero-order valence-corrected chi connectivity index (χ0v) is 21.5. The lowest BCUT2D eigenvalue weighted by atomic mass is 9.87. The molecule has 1 atom stereocenters. The summed E-state index contributed by atoms with van der Waals surface area (Å²) in [5, 5.41) is 10.1. The molecule has 0 radical (unpaired) electrons. The van der Waals surface area contributed by atoms with Crippen molar-refractivity contribution >= 4 is 11.1 Å². The van der Waals surface area contributed by atoms with E-state index in [1.807, 2.05) is 30.3 Å². The number of likely N-dealkylation sites (tertiary alicyclic amines) is 1. The number of rotatable bonds is 8. The molecule has 1 N–H and O–H groups in total. The Balaban J connectivity index is 0.00000353. The van der Waals surface area contributed by atoms with Gasteiger partial charge in [-0.3, -0.25) is 9.29 Å². The number of halogens is 3. The monoisotopic (exact) mass is 539 g/mol. The molecule has 7 heteroatoms. The molecule has 4 nitrogen and oxygen atoms in total. The normalized spacial score (nSPS) is 17.4. The Labute approximate surface area is 228 Å². The van der Waals surface area contributed by atoms with Crippen LogP contribution in [0.15, 0.2) is 54.6 Å². The molecule has 3 aromatic carbocycles. The van der Waals surface area contributed by atoms with E-state index in [2.05, 4.69) is 4.90 Å². The zero-order chi connectivity index (χ0) is 26.6. The molecule has 1 saturated heterocycles. The van der Waals surface area contributed by atoms with Crippen LogP contribution in [0.5, 0.6) is 17.2 Å². The van der Waals surface area contributed by atoms with Gasteiger partial charge in [0.15, 0.2) is 17.4 Å². The first-order valence-electron chi connectivity index (χ1n) is 13.1. The average Bonchev–Trinajstić information content (AvgIpc) is 3.27. The predicted molar refractivity (Wildman–Crippen MR) is 149 cm³/mol. The lowest BCUT2D eigenvalue weighted by Gasteiger charge is -2.19. The molecular weight excluding hydrogens is 503 g/mol. The molecule has 1 aliphatic carbocycles. The van der Waals surface area contributed by atoms with Gasteiger partial charge in [0.1, 0.15) is 17.6 Å². The molecule has 3 aromatic rings. The third-order valence-electron chi connectivity index (χ3n) is 7.39. The van der Waals surface area contributed by atoms with Gasteiger partial charge in [-0.25, -0.2) is 8.78 Å². The van der Waals surface area contributed by atoms with Crippen molar-refractivity contribution in [2.24, 2.45) is 0 Å². The number of alkyl halides is 1. The summed E-state index contributed by atoms with van der Waals surface area (Å²) in [5.41, 5.74) is 4.67. The van der Waals surface area contributed by atoms with Crippen LogP contribution in [-0.2, 0) is 6.42 Å². The van der Waals surface area contributed by atoms with E-state index in [1.54, 1.807) is 12.1 Å². The largest absolute Gasteiger partial charge is 0.508 e. The first-order valence-corrected chi connectivity index (χ1v) is 13.1. The zero-order valence-electron chi connectivity index (χ0n) is 21.5. The van der Waals surface area contributed by atoms with Crippen molar-refractivity contribution in [3.63, 3.8) is 0 Å². The van der Waals surface area contributed by atoms with Crippen LogP contribution in [0.4, 0.5) is 13.2 Å². The van der Waals surface area contributed by atoms with E-state index in [-0.39, 0.29) is 26.0 Å². The van der Waals surface area contributed by atoms with Gasteiger partial charge in [-0.05, 0) is 96.3 Å². The van der Waals surface area contributed by atoms with Gasteiger partial charge in [0.2, 0.25) is 0 Å². The Morgan fingerprint density at radius 1 is 1.00 bits per heavy atom. The summed E-state index contributed by atoms with van der Waals surface area (Å²) >= 11 is 0. The molecular formula is C32H36F3NO3. The highest BCUT2D eigenvalue weighted by atomic mass is 19.1. The lowest BCUT2D eigenvalue weighted by molar-refractivity contribution is 0.198. The van der Waals surface area contributed by atoms with Crippen LogP contribution in [0.1, 0.15) is 55.4 Å². The Bertz CT molecular complexity index is 1320. The molecule has 1 fully saturated rings. The average molecular weight is 540 g/mol. The number of hydrogen-bond acceptors (Lipinski definition) is 4. The lowest BCUT2D eigenvalue weighted by Crippen LogP contribution is -2.26. The van der Waals surface area contributed by atoms with Gasteiger partial charge in [0.25, 0.3) is 0 Å². The van der Waals surface area contributed by atoms with Gasteiger partial charge in [-0.1, -0.05) is 25.6 Å². The van der Waals surface area contributed by atoms with E-state index in [9.17, 15) is 13.9 Å². The topological polar surface area (TPSA) is 41.9 Å². The summed E-state index contributed by atoms with van der Waals surface area (Å²) < 4.78 is 53.5. The number of aryl methyl sites for hydroxylation is 1. The molecule has 0 saturated carbocycles. The molecule has 0 spiro atoms. The first-order chi connectivity index (χ1) is 18.5. The highest BCUT2D eigenvalue weighted by molar-refractivity contribution is 6.00. The Morgan fingerprint density at radius 3 is 2.51 bits per heavy atom. The molecule has 208 valence electrons. The number of allylic oxidation sites excluding steroid dienone is 1. The Kier molecular flexibility index (Phi) is 9.23. The maximum Gasteiger partial charge on any atom is 0.190 e. The van der Waals surface area contributed by atoms with Crippen LogP contribution in [0, 0.1) is 11.6 Å². The fraction of sp³-hybridized carbons (Fsp3) is 0.375. The van der Waals surface area contributed by atoms with E-state index in [0.29, 0.717) is 18.4 Å². The number of methoxy groups -OCH3 is 1. The van der Waals surface area contributed by atoms with Crippen molar-refractivity contribution in [1.29, 1.82) is 0 Å². The van der Waals surface area contributed by atoms with Crippen LogP contribution in [-0.4, -0.2) is 49.5 Å². The highest BCUT2D eigenvalue weighted by Crippen LogP contribution is 2.43. The van der Waals surface area contributed by atoms with Crippen LogP contribution in [0.25, 0.3) is 11.1 Å². The number of phenols is 1. The summed E-state index contributed by atoms with van der Waals surface area (Å²) in [7, 11) is 1.26. The molecule has 0 aromatic heterocycles. The molecule has 1 heterocycles. The standard InChI is InChI=1S/C31H32F3NO3.CH4/c1-37-31-28(33)13-12-27(30(31)34)26-5-2-4-21-18-22(36)8-11-25(21)29(26)20-6-9-23(10-7-20)38-24-14-17-35(19-24)16-3-15-32;/h6-13,18,24,36H,2-5,14-17,19H2,1H3;1H4/t24-;/m0./s1. The number of nitrogens with zero attached hydrogens (tertiary/aromatic N) is 1. The maximum atomic E-state index is 15.5. The van der Waals surface area contributed by atoms with E-state index in [4.69, 9.17) is 9.47 Å². The van der Waals surface area contributed by atoms with E-state index >= 15 is 4.39 Å². The van der Waals surface area contributed by atoms with Gasteiger partial charge < -0.3 is 14.6 Å². The SMILES string of the molecule is C.COc1c(F)ccc(C2=C(c3ccc(O[C@H]4CCN(CCCF)C4)cc3)c3ccc(O)cc3CCC2)c1F. The fourth-order valence-corrected chi connectivity index (χ4v) is 5.60. The molecule has 39 heavy (non-hydrogen) atoms. The van der Waals surface area contributed by atoms with Crippen molar-refractivity contribution in [2.45, 2.75) is 45.6 Å². The predicted octanol–water partition coefficient (Wildman–Crippen LogP) is 7.42. The first kappa shape index (κ1) is 28.6. The van der Waals surface area contributed by atoms with Crippen molar-refractivity contribution < 1.29 is 27.8 Å². The van der Waals surface area contributed by atoms with Crippen LogP contribution in [0.3, 0.4) is 0 Å². The van der Waals surface area contributed by atoms with Crippen molar-refractivity contribution in [1.82, 2.24) is 4.90 Å². The van der Waals surface area contributed by atoms with Crippen LogP contribution < -0.4 is 9.47 Å². The minimum atomic E-state index is -0.744. The summed E-state index contributed by atoms with van der Waals surface area (Å²) in [6, 6.07) is 15.7. The summed E-state index contributed by atoms with van der Waals surface area (Å²) in [4.78, 5) is 2.22. The molecule has 0 amide bonds. The third-order valence-corrected chi connectivity index (χ3v) is 7.39. The second-order valence-electron chi connectivity index (χ2n) is 9.89. The van der Waals surface area contributed by atoms with E-state index < -0.39 is 17.4 Å². The minimum Gasteiger partial charge on any atom is -0.508 e. The molecule has 0 unspecified atom stereocenters. The van der Waals surface area contributed by atoms with Crippen molar-refractivity contribution in [3.05, 3.63) is 88.5 Å². The maximum absolute atomic E-state index is 15.5. The number of ether oxygens (including phenoxy) is 2. The van der Waals surface area contributed by atoms with E-state index in [0.717, 1.165) is 72.5 Å². The number of benzene rings is 3. The van der Waals surface area contributed by atoms with Gasteiger partial charge in [-0.15, -0.1) is 0 Å². The van der Waals surface area contributed by atoms with Gasteiger partial charge >= 0.3 is 0 Å². The van der Waals surface area contributed by atoms with Gasteiger partial charge in [0, 0.05) is 25.2 Å². The Hall–Kier alpha value is -3.45. The number of fused-ring (bicyclic) bond motifs is 1. The number of phenolic OH excluding ortho intramolecular Hbond substituents is 1. The van der Waals surface area contributed by atoms with Gasteiger partial charge in [-0.2, -0.15) is 0 Å². The molecule has 2 aliphatic rings. The van der Waals surface area contributed by atoms with Crippen molar-refractivity contribution in [3.8, 4) is 17.2 Å². The Morgan fingerprint density at radius 2 is 1.77 bits per heavy atom. The second kappa shape index (κ2) is 12.6. The smallest absolute Gasteiger partial charge is 0.190 e. The summed E-state index contributed by atoms with van der Waals surface area (Å²) in [6.07, 6.45) is 3.53. The van der Waals surface area contributed by atoms with Crippen molar-refractivity contribution in [2.75, 3.05) is 33.4 Å². The molecule has 1 aliphatic heterocycles. The molecule has 0 bridgehead atoms. The summed E-state index contributed by atoms with van der Waals surface area (Å²) in [6.45, 7) is 2.11. The van der Waals surface area contributed by atoms with Crippen LogP contribution in [0.2, 0.25) is 0 Å². The van der Waals surface area contributed by atoms with Crippen LogP contribution >= 0.6 is 0 Å². The highest BCUT2D eigenvalue weighted by Gasteiger charge is 2.26. The quantitative estimate of drug-likeness (QED) is 0.323. The van der Waals surface area contributed by atoms with E-state index in [1.165, 1.54) is 19.2 Å². The second-order valence-corrected chi connectivity index (χ2v) is 9.89. The third kappa shape index (κ3) is 6.09.